The molecule has 0 aromatic heterocycles. The first kappa shape index (κ1) is 14.0. The van der Waals surface area contributed by atoms with E-state index >= 15 is 0 Å². The Labute approximate surface area is 119 Å². The van der Waals surface area contributed by atoms with Crippen LogP contribution in [0, 0.1) is 12.3 Å². The molecule has 3 nitrogen and oxygen atoms in total. The second kappa shape index (κ2) is 4.93. The molecule has 0 bridgehead atoms. The van der Waals surface area contributed by atoms with Crippen LogP contribution >= 0.6 is 12.2 Å². The summed E-state index contributed by atoms with van der Waals surface area (Å²) in [7, 11) is 0. The van der Waals surface area contributed by atoms with Gasteiger partial charge >= 0.3 is 0 Å². The van der Waals surface area contributed by atoms with E-state index in [1.807, 2.05) is 25.1 Å². The third-order valence-corrected chi connectivity index (χ3v) is 4.21. The van der Waals surface area contributed by atoms with Gasteiger partial charge in [-0.3, -0.25) is 4.79 Å². The highest BCUT2D eigenvalue weighted by atomic mass is 32.1. The fourth-order valence-electron chi connectivity index (χ4n) is 2.29. The molecule has 1 fully saturated rings. The number of aryl methyl sites for hydroxylation is 1. The van der Waals surface area contributed by atoms with E-state index in [0.29, 0.717) is 10.9 Å². The normalized spacial score (nSPS) is 16.2. The molecule has 4 heteroatoms. The van der Waals surface area contributed by atoms with Gasteiger partial charge in [0.25, 0.3) is 0 Å². The number of anilines is 1. The Morgan fingerprint density at radius 3 is 2.53 bits per heavy atom. The molecule has 102 valence electrons. The summed E-state index contributed by atoms with van der Waals surface area (Å²) in [5, 5.41) is 3.04. The van der Waals surface area contributed by atoms with Crippen LogP contribution in [0.4, 0.5) is 5.69 Å². The van der Waals surface area contributed by atoms with Crippen LogP contribution in [-0.2, 0) is 4.79 Å². The van der Waals surface area contributed by atoms with Crippen molar-refractivity contribution in [1.29, 1.82) is 0 Å². The Morgan fingerprint density at radius 1 is 1.42 bits per heavy atom. The number of hydrogen-bond acceptors (Lipinski definition) is 2. The van der Waals surface area contributed by atoms with E-state index in [0.717, 1.165) is 29.7 Å². The van der Waals surface area contributed by atoms with Crippen LogP contribution in [0.5, 0.6) is 0 Å². The number of nitrogens with two attached hydrogens (primary N) is 1. The van der Waals surface area contributed by atoms with Gasteiger partial charge in [0, 0.05) is 5.69 Å². The highest BCUT2D eigenvalue weighted by Crippen LogP contribution is 2.47. The summed E-state index contributed by atoms with van der Waals surface area (Å²) in [4.78, 5) is 12.7. The maximum absolute atomic E-state index is 12.4. The first-order valence-electron chi connectivity index (χ1n) is 6.59. The average Bonchev–Trinajstić information content (AvgIpc) is 3.12. The maximum Gasteiger partial charge on any atom is 0.237 e. The van der Waals surface area contributed by atoms with Crippen LogP contribution in [0.2, 0.25) is 0 Å². The van der Waals surface area contributed by atoms with E-state index in [1.54, 1.807) is 0 Å². The first-order chi connectivity index (χ1) is 8.88. The molecule has 1 aliphatic rings. The molecule has 1 aliphatic carbocycles. The van der Waals surface area contributed by atoms with Gasteiger partial charge in [-0.2, -0.15) is 0 Å². The molecule has 0 radical (unpaired) electrons. The first-order valence-corrected chi connectivity index (χ1v) is 7.00. The van der Waals surface area contributed by atoms with Gasteiger partial charge in [0.15, 0.2) is 0 Å². The molecule has 1 amide bonds. The van der Waals surface area contributed by atoms with Gasteiger partial charge < -0.3 is 11.1 Å². The Balaban J connectivity index is 2.29. The lowest BCUT2D eigenvalue weighted by molar-refractivity contribution is -0.118. The molecule has 19 heavy (non-hydrogen) atoms. The van der Waals surface area contributed by atoms with Gasteiger partial charge in [-0.15, -0.1) is 0 Å². The molecule has 0 spiro atoms. The van der Waals surface area contributed by atoms with E-state index in [4.69, 9.17) is 18.0 Å². The molecule has 0 unspecified atom stereocenters. The van der Waals surface area contributed by atoms with Crippen LogP contribution in [0.15, 0.2) is 18.2 Å². The molecular formula is C15H20N2OS. The zero-order valence-electron chi connectivity index (χ0n) is 11.6. The van der Waals surface area contributed by atoms with Crippen molar-refractivity contribution < 1.29 is 4.79 Å². The lowest BCUT2D eigenvalue weighted by Gasteiger charge is -2.19. The van der Waals surface area contributed by atoms with Crippen LogP contribution in [0.3, 0.4) is 0 Å². The Kier molecular flexibility index (Phi) is 3.63. The smallest absolute Gasteiger partial charge is 0.237 e. The van der Waals surface area contributed by atoms with Crippen LogP contribution in [-0.4, -0.2) is 10.9 Å². The number of para-hydroxylation sites is 1. The van der Waals surface area contributed by atoms with Gasteiger partial charge in [0.1, 0.15) is 0 Å². The standard InChI is InChI=1S/C15H20N2OS/c1-9(2)11-6-4-5-10(3)12(11)17-14(18)15(7-8-15)13(16)19/h4-6,9H,7-8H2,1-3H3,(H2,16,19)(H,17,18). The molecule has 1 saturated carbocycles. The lowest BCUT2D eigenvalue weighted by atomic mass is 9.97. The number of rotatable bonds is 4. The van der Waals surface area contributed by atoms with Crippen LogP contribution in [0.1, 0.15) is 43.7 Å². The number of thiocarbonyl (C=S) groups is 1. The van der Waals surface area contributed by atoms with Gasteiger partial charge in [-0.1, -0.05) is 44.3 Å². The van der Waals surface area contributed by atoms with Crippen molar-refractivity contribution in [1.82, 2.24) is 0 Å². The number of hydrogen-bond donors (Lipinski definition) is 2. The van der Waals surface area contributed by atoms with Gasteiger partial charge in [-0.25, -0.2) is 0 Å². The molecule has 3 N–H and O–H groups in total. The predicted octanol–water partition coefficient (Wildman–Crippen LogP) is 3.12. The van der Waals surface area contributed by atoms with E-state index in [2.05, 4.69) is 19.2 Å². The second-order valence-corrected chi connectivity index (χ2v) is 6.03. The quantitative estimate of drug-likeness (QED) is 0.831. The van der Waals surface area contributed by atoms with Crippen molar-refractivity contribution in [3.8, 4) is 0 Å². The van der Waals surface area contributed by atoms with Crippen molar-refractivity contribution in [2.45, 2.75) is 39.5 Å². The van der Waals surface area contributed by atoms with Crippen molar-refractivity contribution in [2.75, 3.05) is 5.32 Å². The molecular weight excluding hydrogens is 256 g/mol. The summed E-state index contributed by atoms with van der Waals surface area (Å²) in [6.45, 7) is 6.23. The summed E-state index contributed by atoms with van der Waals surface area (Å²) >= 11 is 5.02. The third kappa shape index (κ3) is 2.50. The largest absolute Gasteiger partial charge is 0.392 e. The maximum atomic E-state index is 12.4. The summed E-state index contributed by atoms with van der Waals surface area (Å²) in [5.74, 6) is 0.298. The summed E-state index contributed by atoms with van der Waals surface area (Å²) < 4.78 is 0. The van der Waals surface area contributed by atoms with E-state index in [9.17, 15) is 4.79 Å². The number of carbonyl (C=O) groups excluding carboxylic acids is 1. The minimum absolute atomic E-state index is 0.0591. The molecule has 0 atom stereocenters. The summed E-state index contributed by atoms with van der Waals surface area (Å²) in [6, 6.07) is 6.07. The molecule has 0 heterocycles. The Hall–Kier alpha value is -1.42. The topological polar surface area (TPSA) is 55.1 Å². The average molecular weight is 276 g/mol. The Bertz CT molecular complexity index is 533. The zero-order valence-corrected chi connectivity index (χ0v) is 12.4. The van der Waals surface area contributed by atoms with Crippen LogP contribution < -0.4 is 11.1 Å². The zero-order chi connectivity index (χ0) is 14.2. The SMILES string of the molecule is Cc1cccc(C(C)C)c1NC(=O)C1(C(N)=S)CC1. The Morgan fingerprint density at radius 2 is 2.05 bits per heavy atom. The van der Waals surface area contributed by atoms with Crippen molar-refractivity contribution >= 4 is 28.8 Å². The summed E-state index contributed by atoms with van der Waals surface area (Å²) in [5.41, 5.74) is 8.21. The predicted molar refractivity (Wildman–Crippen MR) is 82.4 cm³/mol. The highest BCUT2D eigenvalue weighted by molar-refractivity contribution is 7.80. The highest BCUT2D eigenvalue weighted by Gasteiger charge is 2.52. The summed E-state index contributed by atoms with van der Waals surface area (Å²) in [6.07, 6.45) is 1.52. The van der Waals surface area contributed by atoms with E-state index in [1.165, 1.54) is 0 Å². The molecule has 2 rings (SSSR count). The number of nitrogens with one attached hydrogen (secondary N) is 1. The lowest BCUT2D eigenvalue weighted by Crippen LogP contribution is -2.35. The van der Waals surface area contributed by atoms with Gasteiger partial charge in [-0.05, 0) is 36.8 Å². The fourth-order valence-corrected chi connectivity index (χ4v) is 2.58. The molecule has 0 aliphatic heterocycles. The molecule has 1 aromatic carbocycles. The number of amides is 1. The van der Waals surface area contributed by atoms with Gasteiger partial charge in [0.2, 0.25) is 5.91 Å². The van der Waals surface area contributed by atoms with Gasteiger partial charge in [0.05, 0.1) is 10.4 Å². The number of benzene rings is 1. The van der Waals surface area contributed by atoms with Crippen molar-refractivity contribution in [2.24, 2.45) is 11.1 Å². The van der Waals surface area contributed by atoms with Crippen LogP contribution in [0.25, 0.3) is 0 Å². The third-order valence-electron chi connectivity index (χ3n) is 3.82. The number of carbonyl (C=O) groups is 1. The van der Waals surface area contributed by atoms with E-state index < -0.39 is 5.41 Å². The fraction of sp³-hybridized carbons (Fsp3) is 0.467. The second-order valence-electron chi connectivity index (χ2n) is 5.59. The van der Waals surface area contributed by atoms with Crippen molar-refractivity contribution in [3.05, 3.63) is 29.3 Å². The van der Waals surface area contributed by atoms with Crippen molar-refractivity contribution in [3.63, 3.8) is 0 Å². The monoisotopic (exact) mass is 276 g/mol. The van der Waals surface area contributed by atoms with E-state index in [-0.39, 0.29) is 5.91 Å². The molecule has 1 aromatic rings. The molecule has 0 saturated heterocycles. The minimum atomic E-state index is -0.605. The minimum Gasteiger partial charge on any atom is -0.392 e.